The van der Waals surface area contributed by atoms with Crippen LogP contribution in [0.5, 0.6) is 0 Å². The average molecular weight is 353 g/mol. The Hall–Kier alpha value is -3.66. The number of anilines is 1. The number of hydrogen-bond donors (Lipinski definition) is 3. The van der Waals surface area contributed by atoms with E-state index in [-0.39, 0.29) is 11.5 Å². The van der Waals surface area contributed by atoms with Gasteiger partial charge in [-0.2, -0.15) is 0 Å². The first-order valence-corrected chi connectivity index (χ1v) is 7.55. The molecule has 2 aromatic heterocycles. The smallest absolute Gasteiger partial charge is 0.410 e. The molecule has 0 radical (unpaired) electrons. The Balaban J connectivity index is 2.00. The maximum Gasteiger partial charge on any atom is 0.410 e. The molecule has 1 aromatic carbocycles. The lowest BCUT2D eigenvalue weighted by Gasteiger charge is -2.11. The van der Waals surface area contributed by atoms with Crippen molar-refractivity contribution in [3.05, 3.63) is 65.6 Å². The van der Waals surface area contributed by atoms with Gasteiger partial charge in [-0.15, -0.1) is 5.10 Å². The molecule has 0 aliphatic carbocycles. The molecule has 2 heterocycles. The molecule has 0 saturated carbocycles. The SMILES string of the molecule is Cn1nnnc1C(=NC(O)c1cccc(NC(=O)O)n1)c1ccccc1. The molecule has 1 amide bonds. The molecule has 0 aliphatic heterocycles. The number of carbonyl (C=O) groups is 1. The number of aliphatic imine (C=N–C) groups is 1. The van der Waals surface area contributed by atoms with E-state index in [9.17, 15) is 9.90 Å². The van der Waals surface area contributed by atoms with Gasteiger partial charge in [0.25, 0.3) is 0 Å². The van der Waals surface area contributed by atoms with Crippen molar-refractivity contribution in [2.45, 2.75) is 6.23 Å². The van der Waals surface area contributed by atoms with Crippen LogP contribution in [0.25, 0.3) is 0 Å². The fourth-order valence-corrected chi connectivity index (χ4v) is 2.25. The second-order valence-electron chi connectivity index (χ2n) is 5.22. The van der Waals surface area contributed by atoms with Crippen LogP contribution in [0.2, 0.25) is 0 Å². The Kier molecular flexibility index (Phi) is 4.94. The van der Waals surface area contributed by atoms with Gasteiger partial charge in [-0.25, -0.2) is 19.5 Å². The summed E-state index contributed by atoms with van der Waals surface area (Å²) >= 11 is 0. The summed E-state index contributed by atoms with van der Waals surface area (Å²) in [5.74, 6) is 0.459. The Morgan fingerprint density at radius 3 is 2.62 bits per heavy atom. The van der Waals surface area contributed by atoms with E-state index in [4.69, 9.17) is 5.11 Å². The van der Waals surface area contributed by atoms with Crippen LogP contribution < -0.4 is 5.32 Å². The highest BCUT2D eigenvalue weighted by atomic mass is 16.4. The van der Waals surface area contributed by atoms with Gasteiger partial charge in [-0.05, 0) is 22.6 Å². The lowest BCUT2D eigenvalue weighted by atomic mass is 10.1. The number of aliphatic hydroxyl groups is 1. The van der Waals surface area contributed by atoms with Crippen molar-refractivity contribution < 1.29 is 15.0 Å². The highest BCUT2D eigenvalue weighted by molar-refractivity contribution is 6.10. The zero-order valence-corrected chi connectivity index (χ0v) is 13.7. The van der Waals surface area contributed by atoms with E-state index in [1.807, 2.05) is 30.3 Å². The van der Waals surface area contributed by atoms with E-state index >= 15 is 0 Å². The molecule has 132 valence electrons. The van der Waals surface area contributed by atoms with Gasteiger partial charge in [0.15, 0.2) is 6.23 Å². The molecular formula is C16H15N7O3. The molecule has 0 bridgehead atoms. The van der Waals surface area contributed by atoms with Crippen molar-refractivity contribution >= 4 is 17.6 Å². The Labute approximate surface area is 147 Å². The number of aromatic nitrogens is 5. The number of hydrogen-bond acceptors (Lipinski definition) is 7. The Bertz CT molecular complexity index is 940. The number of amides is 1. The Morgan fingerprint density at radius 1 is 1.19 bits per heavy atom. The van der Waals surface area contributed by atoms with Gasteiger partial charge in [0.05, 0.1) is 5.69 Å². The molecule has 1 unspecified atom stereocenters. The highest BCUT2D eigenvalue weighted by Crippen LogP contribution is 2.18. The summed E-state index contributed by atoms with van der Waals surface area (Å²) in [6, 6.07) is 13.7. The summed E-state index contributed by atoms with van der Waals surface area (Å²) in [6.07, 6.45) is -2.58. The molecule has 3 aromatic rings. The summed E-state index contributed by atoms with van der Waals surface area (Å²) in [4.78, 5) is 19.1. The van der Waals surface area contributed by atoms with Crippen LogP contribution in [0.1, 0.15) is 23.3 Å². The van der Waals surface area contributed by atoms with E-state index in [0.29, 0.717) is 17.1 Å². The summed E-state index contributed by atoms with van der Waals surface area (Å²) < 4.78 is 1.44. The third-order valence-electron chi connectivity index (χ3n) is 3.40. The first-order valence-electron chi connectivity index (χ1n) is 7.55. The van der Waals surface area contributed by atoms with Crippen LogP contribution in [0.3, 0.4) is 0 Å². The molecule has 0 spiro atoms. The molecule has 0 saturated heterocycles. The molecule has 0 aliphatic rings. The molecule has 10 nitrogen and oxygen atoms in total. The van der Waals surface area contributed by atoms with Crippen molar-refractivity contribution in [3.63, 3.8) is 0 Å². The third kappa shape index (κ3) is 3.87. The lowest BCUT2D eigenvalue weighted by molar-refractivity contribution is 0.184. The number of nitrogens with zero attached hydrogens (tertiary/aromatic N) is 6. The van der Waals surface area contributed by atoms with Crippen LogP contribution in [-0.4, -0.2) is 47.2 Å². The molecule has 3 rings (SSSR count). The van der Waals surface area contributed by atoms with Crippen LogP contribution in [0.4, 0.5) is 10.6 Å². The summed E-state index contributed by atoms with van der Waals surface area (Å²) in [6.45, 7) is 0. The quantitative estimate of drug-likeness (QED) is 0.586. The summed E-state index contributed by atoms with van der Waals surface area (Å²) in [7, 11) is 1.66. The predicted octanol–water partition coefficient (Wildman–Crippen LogP) is 1.22. The molecule has 26 heavy (non-hydrogen) atoms. The van der Waals surface area contributed by atoms with Crippen LogP contribution >= 0.6 is 0 Å². The number of aryl methyl sites for hydroxylation is 1. The molecule has 1 atom stereocenters. The van der Waals surface area contributed by atoms with Gasteiger partial charge in [0.2, 0.25) is 5.82 Å². The lowest BCUT2D eigenvalue weighted by Crippen LogP contribution is -2.14. The first kappa shape index (κ1) is 17.2. The van der Waals surface area contributed by atoms with E-state index in [2.05, 4.69) is 30.8 Å². The summed E-state index contributed by atoms with van der Waals surface area (Å²) in [5.41, 5.74) is 1.27. The maximum absolute atomic E-state index is 10.7. The fourth-order valence-electron chi connectivity index (χ4n) is 2.25. The number of nitrogens with one attached hydrogen (secondary N) is 1. The topological polar surface area (TPSA) is 138 Å². The summed E-state index contributed by atoms with van der Waals surface area (Å²) in [5, 5.41) is 32.8. The number of pyridine rings is 1. The van der Waals surface area contributed by atoms with Gasteiger partial charge in [-0.1, -0.05) is 36.4 Å². The van der Waals surface area contributed by atoms with Gasteiger partial charge < -0.3 is 10.2 Å². The largest absolute Gasteiger partial charge is 0.465 e. The van der Waals surface area contributed by atoms with E-state index in [1.54, 1.807) is 19.2 Å². The molecular weight excluding hydrogens is 338 g/mol. The van der Waals surface area contributed by atoms with Crippen LogP contribution in [0, 0.1) is 0 Å². The first-order chi connectivity index (χ1) is 12.5. The van der Waals surface area contributed by atoms with Gasteiger partial charge in [-0.3, -0.25) is 5.32 Å². The minimum Gasteiger partial charge on any atom is -0.465 e. The zero-order valence-electron chi connectivity index (χ0n) is 13.7. The van der Waals surface area contributed by atoms with Gasteiger partial charge in [0.1, 0.15) is 11.5 Å². The van der Waals surface area contributed by atoms with Crippen molar-refractivity contribution in [2.24, 2.45) is 12.0 Å². The number of rotatable bonds is 5. The fraction of sp³-hybridized carbons (Fsp3) is 0.125. The number of carboxylic acid groups (broad SMARTS) is 1. The molecule has 0 fully saturated rings. The maximum atomic E-state index is 10.7. The second-order valence-corrected chi connectivity index (χ2v) is 5.22. The average Bonchev–Trinajstić information content (AvgIpc) is 3.05. The van der Waals surface area contributed by atoms with Crippen LogP contribution in [-0.2, 0) is 7.05 Å². The van der Waals surface area contributed by atoms with E-state index < -0.39 is 12.3 Å². The minimum atomic E-state index is -1.34. The van der Waals surface area contributed by atoms with Crippen molar-refractivity contribution in [1.82, 2.24) is 25.2 Å². The van der Waals surface area contributed by atoms with E-state index in [1.165, 1.54) is 10.7 Å². The van der Waals surface area contributed by atoms with Gasteiger partial charge in [0, 0.05) is 12.6 Å². The van der Waals surface area contributed by atoms with E-state index in [0.717, 1.165) is 0 Å². The molecule has 3 N–H and O–H groups in total. The highest BCUT2D eigenvalue weighted by Gasteiger charge is 2.17. The normalized spacial score (nSPS) is 12.6. The second kappa shape index (κ2) is 7.49. The molecule has 10 heteroatoms. The standard InChI is InChI=1S/C16H15N7O3/c1-23-14(20-21-22-23)13(10-6-3-2-4-7-10)19-15(24)11-8-5-9-12(17-11)18-16(25)26/h2-9,15,24H,1H3,(H,17,18)(H,25,26). The van der Waals surface area contributed by atoms with Crippen molar-refractivity contribution in [1.29, 1.82) is 0 Å². The van der Waals surface area contributed by atoms with Crippen LogP contribution in [0.15, 0.2) is 53.5 Å². The van der Waals surface area contributed by atoms with Crippen molar-refractivity contribution in [2.75, 3.05) is 5.32 Å². The number of benzene rings is 1. The zero-order chi connectivity index (χ0) is 18.5. The Morgan fingerprint density at radius 2 is 1.96 bits per heavy atom. The van der Waals surface area contributed by atoms with Gasteiger partial charge >= 0.3 is 6.09 Å². The monoisotopic (exact) mass is 353 g/mol. The predicted molar refractivity (Wildman–Crippen MR) is 91.7 cm³/mol. The van der Waals surface area contributed by atoms with Crippen molar-refractivity contribution in [3.8, 4) is 0 Å². The number of tetrazole rings is 1. The number of aliphatic hydroxyl groups excluding tert-OH is 1. The minimum absolute atomic E-state index is 0.0887. The third-order valence-corrected chi connectivity index (χ3v) is 3.40.